The average Bonchev–Trinajstić information content (AvgIpc) is 2.58. The molecule has 0 aliphatic heterocycles. The summed E-state index contributed by atoms with van der Waals surface area (Å²) in [7, 11) is 0. The summed E-state index contributed by atoms with van der Waals surface area (Å²) in [5.41, 5.74) is 0.449. The second-order valence-electron chi connectivity index (χ2n) is 4.43. The van der Waals surface area contributed by atoms with E-state index in [0.29, 0.717) is 5.02 Å². The highest BCUT2D eigenvalue weighted by Gasteiger charge is 2.11. The number of aliphatic imine (C=N–C) groups is 1. The quantitative estimate of drug-likeness (QED) is 0.823. The van der Waals surface area contributed by atoms with Crippen LogP contribution in [0.1, 0.15) is 5.56 Å². The minimum atomic E-state index is -1.08. The van der Waals surface area contributed by atoms with E-state index < -0.39 is 6.04 Å². The van der Waals surface area contributed by atoms with Crippen molar-refractivity contribution in [1.29, 1.82) is 15.9 Å². The molecular weight excluding hydrogens is 328 g/mol. The van der Waals surface area contributed by atoms with Crippen molar-refractivity contribution < 1.29 is 0 Å². The number of hydrogen-bond donors (Lipinski definition) is 1. The van der Waals surface area contributed by atoms with E-state index in [1.165, 1.54) is 6.21 Å². The molecule has 1 N–H and O–H groups in total. The predicted molar refractivity (Wildman–Crippen MR) is 92.4 cm³/mol. The first-order valence-electron chi connectivity index (χ1n) is 6.58. The Morgan fingerprint density at radius 1 is 1.17 bits per heavy atom. The summed E-state index contributed by atoms with van der Waals surface area (Å²) in [4.78, 5) is 6.01. The van der Waals surface area contributed by atoms with E-state index in [4.69, 9.17) is 27.5 Å². The predicted octanol–water partition coefficient (Wildman–Crippen LogP) is 4.35. The summed E-state index contributed by atoms with van der Waals surface area (Å²) in [6.07, 6.45) is 1.53. The van der Waals surface area contributed by atoms with Crippen LogP contribution >= 0.6 is 23.4 Å². The molecule has 0 spiro atoms. The normalized spacial score (nSPS) is 11.6. The van der Waals surface area contributed by atoms with E-state index in [2.05, 4.69) is 4.99 Å². The van der Waals surface area contributed by atoms with Gasteiger partial charge in [-0.3, -0.25) is 10.4 Å². The fraction of sp³-hybridized carbons (Fsp3) is 0.0588. The Kier molecular flexibility index (Phi) is 5.94. The van der Waals surface area contributed by atoms with Crippen LogP contribution in [0.25, 0.3) is 0 Å². The Labute approximate surface area is 143 Å². The highest BCUT2D eigenvalue weighted by atomic mass is 35.5. The van der Waals surface area contributed by atoms with Crippen molar-refractivity contribution in [2.45, 2.75) is 15.8 Å². The van der Waals surface area contributed by atoms with Crippen molar-refractivity contribution in [3.63, 3.8) is 0 Å². The van der Waals surface area contributed by atoms with E-state index in [-0.39, 0.29) is 5.71 Å². The number of benzene rings is 2. The van der Waals surface area contributed by atoms with Gasteiger partial charge in [-0.15, -0.1) is 0 Å². The average molecular weight is 339 g/mol. The van der Waals surface area contributed by atoms with E-state index in [1.54, 1.807) is 17.8 Å². The molecule has 0 aliphatic rings. The third-order valence-electron chi connectivity index (χ3n) is 2.84. The third kappa shape index (κ3) is 4.69. The lowest BCUT2D eigenvalue weighted by atomic mass is 10.2. The van der Waals surface area contributed by atoms with Crippen LogP contribution in [0.4, 0.5) is 0 Å². The van der Waals surface area contributed by atoms with Gasteiger partial charge in [0.15, 0.2) is 6.04 Å². The smallest absolute Gasteiger partial charge is 0.187 e. The maximum atomic E-state index is 8.96. The molecule has 0 heterocycles. The van der Waals surface area contributed by atoms with Crippen molar-refractivity contribution in [3.8, 4) is 12.1 Å². The first kappa shape index (κ1) is 16.8. The van der Waals surface area contributed by atoms with E-state index >= 15 is 0 Å². The molecule has 2 aromatic carbocycles. The number of rotatable bonds is 5. The van der Waals surface area contributed by atoms with Crippen molar-refractivity contribution in [2.75, 3.05) is 0 Å². The van der Waals surface area contributed by atoms with Gasteiger partial charge in [0.05, 0.1) is 6.07 Å². The SMILES string of the molecule is N#CC(=N)[C@@H](C#N)N=Cc1ccccc1Sc1ccc(Cl)cc1. The Bertz CT molecular complexity index is 816. The Morgan fingerprint density at radius 2 is 1.87 bits per heavy atom. The molecule has 0 unspecified atom stereocenters. The Morgan fingerprint density at radius 3 is 2.52 bits per heavy atom. The Balaban J connectivity index is 2.24. The number of hydrogen-bond acceptors (Lipinski definition) is 5. The second kappa shape index (κ2) is 8.14. The summed E-state index contributed by atoms with van der Waals surface area (Å²) in [6, 6.07) is 17.5. The molecule has 4 nitrogen and oxygen atoms in total. The van der Waals surface area contributed by atoms with E-state index in [1.807, 2.05) is 54.6 Å². The number of halogens is 1. The molecule has 0 aromatic heterocycles. The highest BCUT2D eigenvalue weighted by Crippen LogP contribution is 2.30. The summed E-state index contributed by atoms with van der Waals surface area (Å²) >= 11 is 7.43. The zero-order valence-corrected chi connectivity index (χ0v) is 13.5. The molecule has 0 bridgehead atoms. The van der Waals surface area contributed by atoms with E-state index in [9.17, 15) is 0 Å². The second-order valence-corrected chi connectivity index (χ2v) is 5.98. The van der Waals surface area contributed by atoms with Gasteiger partial charge in [0.1, 0.15) is 11.8 Å². The van der Waals surface area contributed by atoms with Crippen molar-refractivity contribution in [3.05, 3.63) is 59.1 Å². The summed E-state index contributed by atoms with van der Waals surface area (Å²) in [6.45, 7) is 0. The standard InChI is InChI=1S/C17H11ClN4S/c18-13-5-7-14(8-6-13)23-17-4-2-1-3-12(17)11-22-16(10-20)15(21)9-19/h1-8,11,16,21H/t16-/m1/s1. The van der Waals surface area contributed by atoms with Gasteiger partial charge >= 0.3 is 0 Å². The first-order chi connectivity index (χ1) is 11.1. The van der Waals surface area contributed by atoms with Gasteiger partial charge in [-0.05, 0) is 30.3 Å². The maximum Gasteiger partial charge on any atom is 0.187 e. The van der Waals surface area contributed by atoms with Crippen LogP contribution in [-0.2, 0) is 0 Å². The van der Waals surface area contributed by atoms with Crippen molar-refractivity contribution in [1.82, 2.24) is 0 Å². The summed E-state index contributed by atoms with van der Waals surface area (Å²) < 4.78 is 0. The summed E-state index contributed by atoms with van der Waals surface area (Å²) in [5.74, 6) is 0. The highest BCUT2D eigenvalue weighted by molar-refractivity contribution is 7.99. The number of nitriles is 2. The van der Waals surface area contributed by atoms with Crippen LogP contribution in [0.3, 0.4) is 0 Å². The van der Waals surface area contributed by atoms with Crippen LogP contribution in [0, 0.1) is 28.1 Å². The number of nitrogens with one attached hydrogen (secondary N) is 1. The van der Waals surface area contributed by atoms with Crippen LogP contribution in [0.15, 0.2) is 63.3 Å². The summed E-state index contributed by atoms with van der Waals surface area (Å²) in [5, 5.41) is 25.7. The maximum absolute atomic E-state index is 8.96. The van der Waals surface area contributed by atoms with Crippen LogP contribution < -0.4 is 0 Å². The molecule has 0 radical (unpaired) electrons. The van der Waals surface area contributed by atoms with Gasteiger partial charge in [-0.2, -0.15) is 10.5 Å². The molecule has 112 valence electrons. The van der Waals surface area contributed by atoms with Gasteiger partial charge < -0.3 is 0 Å². The molecule has 2 rings (SSSR count). The fourth-order valence-corrected chi connectivity index (χ4v) is 2.74. The molecule has 0 fully saturated rings. The van der Waals surface area contributed by atoms with Crippen molar-refractivity contribution >= 4 is 35.3 Å². The molecule has 0 amide bonds. The molecule has 6 heteroatoms. The van der Waals surface area contributed by atoms with Crippen LogP contribution in [0.5, 0.6) is 0 Å². The molecule has 1 atom stereocenters. The zero-order valence-electron chi connectivity index (χ0n) is 11.9. The molecule has 23 heavy (non-hydrogen) atoms. The Hall–Kier alpha value is -2.60. The van der Waals surface area contributed by atoms with Gasteiger partial charge in [-0.25, -0.2) is 0 Å². The fourth-order valence-electron chi connectivity index (χ4n) is 1.70. The lowest BCUT2D eigenvalue weighted by molar-refractivity contribution is 1.09. The van der Waals surface area contributed by atoms with Crippen LogP contribution in [-0.4, -0.2) is 18.0 Å². The minimum Gasteiger partial charge on any atom is -0.291 e. The zero-order chi connectivity index (χ0) is 16.7. The van der Waals surface area contributed by atoms with Gasteiger partial charge in [-0.1, -0.05) is 41.6 Å². The van der Waals surface area contributed by atoms with Crippen molar-refractivity contribution in [2.24, 2.45) is 4.99 Å². The lowest BCUT2D eigenvalue weighted by Crippen LogP contribution is -2.13. The topological polar surface area (TPSA) is 83.8 Å². The van der Waals surface area contributed by atoms with E-state index in [0.717, 1.165) is 15.4 Å². The number of nitrogens with zero attached hydrogens (tertiary/aromatic N) is 3. The van der Waals surface area contributed by atoms with Crippen LogP contribution in [0.2, 0.25) is 5.02 Å². The van der Waals surface area contributed by atoms with Gasteiger partial charge in [0, 0.05) is 26.6 Å². The monoisotopic (exact) mass is 338 g/mol. The largest absolute Gasteiger partial charge is 0.291 e. The van der Waals surface area contributed by atoms with Gasteiger partial charge in [0.2, 0.25) is 0 Å². The molecule has 0 aliphatic carbocycles. The third-order valence-corrected chi connectivity index (χ3v) is 4.19. The molecule has 0 saturated carbocycles. The minimum absolute atomic E-state index is 0.369. The first-order valence-corrected chi connectivity index (χ1v) is 7.77. The molecule has 2 aromatic rings. The molecular formula is C17H11ClN4S. The van der Waals surface area contributed by atoms with Gasteiger partial charge in [0.25, 0.3) is 0 Å². The lowest BCUT2D eigenvalue weighted by Gasteiger charge is -2.06. The molecule has 0 saturated heterocycles.